The first-order valence-corrected chi connectivity index (χ1v) is 13.0. The Balaban J connectivity index is 1.47. The molecule has 0 fully saturated rings. The smallest absolute Gasteiger partial charge is 0.416 e. The molecule has 0 saturated heterocycles. The van der Waals surface area contributed by atoms with Gasteiger partial charge in [0.25, 0.3) is 5.56 Å². The Morgan fingerprint density at radius 2 is 1.85 bits per heavy atom. The molecule has 2 aromatic heterocycles. The van der Waals surface area contributed by atoms with Gasteiger partial charge in [-0.2, -0.15) is 13.2 Å². The number of fused-ring (bicyclic) bond motifs is 1. The first kappa shape index (κ1) is 28.0. The van der Waals surface area contributed by atoms with Crippen LogP contribution in [0.15, 0.2) is 86.1 Å². The molecule has 3 heterocycles. The van der Waals surface area contributed by atoms with Crippen molar-refractivity contribution in [2.45, 2.75) is 25.7 Å². The van der Waals surface area contributed by atoms with Crippen LogP contribution in [0.3, 0.4) is 0 Å². The third kappa shape index (κ3) is 5.68. The van der Waals surface area contributed by atoms with Crippen molar-refractivity contribution < 1.29 is 36.6 Å². The summed E-state index contributed by atoms with van der Waals surface area (Å²) in [6, 6.07) is 14.0. The van der Waals surface area contributed by atoms with Gasteiger partial charge in [-0.05, 0) is 55.0 Å². The molecule has 1 aliphatic rings. The van der Waals surface area contributed by atoms with Crippen LogP contribution in [0.1, 0.15) is 35.6 Å². The quantitative estimate of drug-likeness (QED) is 0.295. The number of esters is 1. The Kier molecular flexibility index (Phi) is 7.59. The van der Waals surface area contributed by atoms with Crippen LogP contribution in [-0.2, 0) is 22.3 Å². The van der Waals surface area contributed by atoms with Gasteiger partial charge in [0.15, 0.2) is 4.80 Å². The summed E-state index contributed by atoms with van der Waals surface area (Å²) in [5.41, 5.74) is 0.131. The lowest BCUT2D eigenvalue weighted by atomic mass is 9.96. The minimum atomic E-state index is -4.48. The second kappa shape index (κ2) is 11.1. The molecule has 0 aliphatic carbocycles. The Labute approximate surface area is 235 Å². The molecule has 5 rings (SSSR count). The van der Waals surface area contributed by atoms with Crippen molar-refractivity contribution in [3.05, 3.63) is 114 Å². The van der Waals surface area contributed by atoms with Gasteiger partial charge in [-0.1, -0.05) is 29.5 Å². The van der Waals surface area contributed by atoms with E-state index in [4.69, 9.17) is 18.6 Å². The number of alkyl halides is 3. The maximum atomic E-state index is 13.6. The van der Waals surface area contributed by atoms with E-state index >= 15 is 0 Å². The van der Waals surface area contributed by atoms with Crippen LogP contribution >= 0.6 is 11.3 Å². The molecule has 1 unspecified atom stereocenters. The van der Waals surface area contributed by atoms with Crippen molar-refractivity contribution in [1.82, 2.24) is 4.57 Å². The molecule has 0 radical (unpaired) electrons. The summed E-state index contributed by atoms with van der Waals surface area (Å²) in [4.78, 5) is 31.3. The second-order valence-electron chi connectivity index (χ2n) is 8.96. The highest BCUT2D eigenvalue weighted by Crippen LogP contribution is 2.32. The number of methoxy groups -OCH3 is 2. The zero-order chi connectivity index (χ0) is 29.3. The van der Waals surface area contributed by atoms with E-state index in [2.05, 4.69) is 4.99 Å². The van der Waals surface area contributed by atoms with Gasteiger partial charge in [0.2, 0.25) is 0 Å². The monoisotopic (exact) mass is 584 g/mol. The Morgan fingerprint density at radius 1 is 1.10 bits per heavy atom. The van der Waals surface area contributed by atoms with Crippen LogP contribution in [0.25, 0.3) is 6.08 Å². The van der Waals surface area contributed by atoms with Crippen molar-refractivity contribution >= 4 is 23.4 Å². The Hall–Kier alpha value is -4.58. The molecule has 212 valence electrons. The van der Waals surface area contributed by atoms with Gasteiger partial charge in [-0.25, -0.2) is 9.79 Å². The molecule has 0 saturated carbocycles. The summed E-state index contributed by atoms with van der Waals surface area (Å²) in [5.74, 6) is 0.746. The van der Waals surface area contributed by atoms with Gasteiger partial charge in [0, 0.05) is 6.08 Å². The first-order valence-electron chi connectivity index (χ1n) is 12.2. The number of thiazole rings is 1. The van der Waals surface area contributed by atoms with Gasteiger partial charge in [-0.3, -0.25) is 9.36 Å². The number of aromatic nitrogens is 1. The molecule has 0 spiro atoms. The lowest BCUT2D eigenvalue weighted by Crippen LogP contribution is -2.39. The normalized spacial score (nSPS) is 15.4. The zero-order valence-electron chi connectivity index (χ0n) is 22.0. The van der Waals surface area contributed by atoms with E-state index in [0.29, 0.717) is 37.9 Å². The average molecular weight is 585 g/mol. The fraction of sp³-hybridized carbons (Fsp3) is 0.207. The van der Waals surface area contributed by atoms with Crippen LogP contribution in [0.2, 0.25) is 0 Å². The number of hydrogen-bond donors (Lipinski definition) is 0. The van der Waals surface area contributed by atoms with Gasteiger partial charge >= 0.3 is 12.1 Å². The molecular weight excluding hydrogens is 561 g/mol. The van der Waals surface area contributed by atoms with Crippen molar-refractivity contribution in [2.24, 2.45) is 4.99 Å². The molecule has 2 aromatic carbocycles. The molecule has 8 nitrogen and oxygen atoms in total. The Bertz CT molecular complexity index is 1820. The number of nitrogens with zero attached hydrogens (tertiary/aromatic N) is 2. The number of allylic oxidation sites excluding steroid dienone is 1. The molecular formula is C29H23F3N2O6S. The summed E-state index contributed by atoms with van der Waals surface area (Å²) in [7, 11) is 2.81. The summed E-state index contributed by atoms with van der Waals surface area (Å²) in [5, 5.41) is 0. The SMILES string of the molecule is COC(=O)C1=C(C)N=c2s/c(=C/c3ccc(COc4cccc(C(F)(F)F)c4)o3)c(=O)n2C1c1ccc(OC)cc1. The number of benzene rings is 2. The molecule has 12 heteroatoms. The molecule has 0 N–H and O–H groups in total. The van der Waals surface area contributed by atoms with Crippen molar-refractivity contribution in [3.8, 4) is 11.5 Å². The van der Waals surface area contributed by atoms with Gasteiger partial charge < -0.3 is 18.6 Å². The lowest BCUT2D eigenvalue weighted by molar-refractivity contribution is -0.138. The van der Waals surface area contributed by atoms with Crippen LogP contribution in [0.5, 0.6) is 11.5 Å². The summed E-state index contributed by atoms with van der Waals surface area (Å²) >= 11 is 1.13. The van der Waals surface area contributed by atoms with E-state index in [1.807, 2.05) is 0 Å². The third-order valence-corrected chi connectivity index (χ3v) is 7.34. The number of halogens is 3. The topological polar surface area (TPSA) is 92.3 Å². The molecule has 0 amide bonds. The summed E-state index contributed by atoms with van der Waals surface area (Å²) < 4.78 is 62.1. The van der Waals surface area contributed by atoms with E-state index in [1.54, 1.807) is 56.5 Å². The second-order valence-corrected chi connectivity index (χ2v) is 9.97. The molecule has 4 aromatic rings. The summed E-state index contributed by atoms with van der Waals surface area (Å²) in [6.45, 7) is 1.57. The number of carbonyl (C=O) groups excluding carboxylic acids is 1. The maximum Gasteiger partial charge on any atom is 0.416 e. The predicted molar refractivity (Wildman–Crippen MR) is 143 cm³/mol. The summed E-state index contributed by atoms with van der Waals surface area (Å²) in [6.07, 6.45) is -2.94. The maximum absolute atomic E-state index is 13.6. The highest BCUT2D eigenvalue weighted by atomic mass is 32.1. The number of carbonyl (C=O) groups is 1. The highest BCUT2D eigenvalue weighted by molar-refractivity contribution is 7.07. The van der Waals surface area contributed by atoms with Crippen LogP contribution in [0, 0.1) is 0 Å². The predicted octanol–water partition coefficient (Wildman–Crippen LogP) is 4.61. The van der Waals surface area contributed by atoms with E-state index in [-0.39, 0.29) is 23.5 Å². The van der Waals surface area contributed by atoms with Crippen LogP contribution in [-0.4, -0.2) is 24.8 Å². The number of rotatable bonds is 7. The fourth-order valence-corrected chi connectivity index (χ4v) is 5.42. The van der Waals surface area contributed by atoms with Crippen molar-refractivity contribution in [2.75, 3.05) is 14.2 Å². The minimum Gasteiger partial charge on any atom is -0.497 e. The molecule has 0 bridgehead atoms. The molecule has 41 heavy (non-hydrogen) atoms. The fourth-order valence-electron chi connectivity index (χ4n) is 4.39. The minimum absolute atomic E-state index is 0.0430. The third-order valence-electron chi connectivity index (χ3n) is 6.36. The Morgan fingerprint density at radius 3 is 2.54 bits per heavy atom. The van der Waals surface area contributed by atoms with Gasteiger partial charge in [-0.15, -0.1) is 0 Å². The number of furan rings is 1. The average Bonchev–Trinajstić information content (AvgIpc) is 3.54. The van der Waals surface area contributed by atoms with E-state index in [0.717, 1.165) is 23.5 Å². The highest BCUT2D eigenvalue weighted by Gasteiger charge is 2.33. The van der Waals surface area contributed by atoms with Crippen LogP contribution in [0.4, 0.5) is 13.2 Å². The van der Waals surface area contributed by atoms with E-state index < -0.39 is 23.8 Å². The van der Waals surface area contributed by atoms with Crippen LogP contribution < -0.4 is 24.4 Å². The first-order chi connectivity index (χ1) is 19.6. The van der Waals surface area contributed by atoms with Gasteiger partial charge in [0.05, 0.1) is 41.6 Å². The van der Waals surface area contributed by atoms with Gasteiger partial charge in [0.1, 0.15) is 29.6 Å². The molecule has 1 atom stereocenters. The van der Waals surface area contributed by atoms with E-state index in [1.165, 1.54) is 23.8 Å². The lowest BCUT2D eigenvalue weighted by Gasteiger charge is -2.24. The zero-order valence-corrected chi connectivity index (χ0v) is 22.8. The largest absolute Gasteiger partial charge is 0.497 e. The number of hydrogen-bond acceptors (Lipinski definition) is 8. The standard InChI is InChI=1S/C29H23F3N2O6S/c1-16-24(27(36)38-3)25(17-7-9-19(37-2)10-8-17)34-26(35)23(41-28(34)33-16)14-21-11-12-22(40-21)15-39-20-6-4-5-18(13-20)29(30,31)32/h4-14,25H,15H2,1-3H3/b23-14+. The van der Waals surface area contributed by atoms with Crippen molar-refractivity contribution in [3.63, 3.8) is 0 Å². The van der Waals surface area contributed by atoms with E-state index in [9.17, 15) is 22.8 Å². The number of ether oxygens (including phenoxy) is 3. The molecule has 1 aliphatic heterocycles. The van der Waals surface area contributed by atoms with Crippen molar-refractivity contribution in [1.29, 1.82) is 0 Å².